The second kappa shape index (κ2) is 6.16. The van der Waals surface area contributed by atoms with E-state index in [2.05, 4.69) is 4.99 Å². The molecule has 3 rings (SSSR count). The molecule has 1 aliphatic carbocycles. The van der Waals surface area contributed by atoms with Crippen molar-refractivity contribution >= 4 is 17.2 Å². The van der Waals surface area contributed by atoms with Crippen LogP contribution >= 0.6 is 11.3 Å². The summed E-state index contributed by atoms with van der Waals surface area (Å²) in [5, 5.41) is 0. The van der Waals surface area contributed by atoms with Crippen molar-refractivity contribution in [2.75, 3.05) is 0 Å². The first kappa shape index (κ1) is 16.9. The Morgan fingerprint density at radius 1 is 1.38 bits per heavy atom. The van der Waals surface area contributed by atoms with Crippen LogP contribution in [0.15, 0.2) is 29.4 Å². The largest absolute Gasteiger partial charge is 0.419 e. The van der Waals surface area contributed by atoms with E-state index in [0.29, 0.717) is 23.3 Å². The Kier molecular flexibility index (Phi) is 4.33. The molecule has 0 bridgehead atoms. The zero-order chi connectivity index (χ0) is 17.5. The monoisotopic (exact) mass is 358 g/mol. The van der Waals surface area contributed by atoms with Crippen molar-refractivity contribution in [3.05, 3.63) is 51.0 Å². The van der Waals surface area contributed by atoms with Gasteiger partial charge in [0, 0.05) is 17.6 Å². The fourth-order valence-electron chi connectivity index (χ4n) is 2.36. The number of carbonyl (C=O) groups is 1. The Hall–Kier alpha value is -1.96. The molecule has 1 heterocycles. The van der Waals surface area contributed by atoms with Gasteiger partial charge in [0.05, 0.1) is 11.1 Å². The number of hydrogen-bond acceptors (Lipinski definition) is 2. The van der Waals surface area contributed by atoms with E-state index in [1.54, 1.807) is 4.57 Å². The number of aryl methyl sites for hydroxylation is 1. The summed E-state index contributed by atoms with van der Waals surface area (Å²) in [7, 11) is 0. The van der Waals surface area contributed by atoms with E-state index >= 15 is 0 Å². The second-order valence-corrected chi connectivity index (χ2v) is 7.02. The smallest absolute Gasteiger partial charge is 0.323 e. The zero-order valence-corrected chi connectivity index (χ0v) is 13.5. The van der Waals surface area contributed by atoms with E-state index < -0.39 is 29.0 Å². The predicted molar refractivity (Wildman–Crippen MR) is 81.1 cm³/mol. The number of aromatic nitrogens is 1. The van der Waals surface area contributed by atoms with Gasteiger partial charge in [-0.1, -0.05) is 6.07 Å². The van der Waals surface area contributed by atoms with Crippen LogP contribution in [0, 0.1) is 18.7 Å². The van der Waals surface area contributed by atoms with Crippen LogP contribution in [-0.2, 0) is 12.7 Å². The molecule has 0 aliphatic heterocycles. The van der Waals surface area contributed by atoms with Gasteiger partial charge in [0.25, 0.3) is 5.91 Å². The normalized spacial score (nSPS) is 15.8. The molecule has 0 unspecified atom stereocenters. The van der Waals surface area contributed by atoms with Crippen LogP contribution in [0.5, 0.6) is 0 Å². The van der Waals surface area contributed by atoms with Crippen LogP contribution in [-0.4, -0.2) is 10.5 Å². The fourth-order valence-corrected chi connectivity index (χ4v) is 3.20. The third kappa shape index (κ3) is 3.58. The summed E-state index contributed by atoms with van der Waals surface area (Å²) in [5.41, 5.74) is -2.13. The highest BCUT2D eigenvalue weighted by molar-refractivity contribution is 7.09. The van der Waals surface area contributed by atoms with Gasteiger partial charge >= 0.3 is 6.18 Å². The summed E-state index contributed by atoms with van der Waals surface area (Å²) in [5.74, 6) is -2.05. The van der Waals surface area contributed by atoms with Crippen LogP contribution in [0.2, 0.25) is 0 Å². The lowest BCUT2D eigenvalue weighted by Gasteiger charge is -2.09. The molecule has 24 heavy (non-hydrogen) atoms. The van der Waals surface area contributed by atoms with Crippen LogP contribution in [0.4, 0.5) is 17.6 Å². The van der Waals surface area contributed by atoms with Gasteiger partial charge < -0.3 is 4.57 Å². The molecular formula is C16H14F4N2OS. The molecule has 1 aliphatic rings. The summed E-state index contributed by atoms with van der Waals surface area (Å²) in [6, 6.07) is 2.63. The number of rotatable bonds is 3. The van der Waals surface area contributed by atoms with Gasteiger partial charge in [0.1, 0.15) is 5.82 Å². The fraction of sp³-hybridized carbons (Fsp3) is 0.375. The Labute approximate surface area is 139 Å². The average molecular weight is 358 g/mol. The minimum absolute atomic E-state index is 0.376. The van der Waals surface area contributed by atoms with Gasteiger partial charge in [-0.05, 0) is 37.8 Å². The van der Waals surface area contributed by atoms with Crippen molar-refractivity contribution in [1.82, 2.24) is 4.57 Å². The van der Waals surface area contributed by atoms with Gasteiger partial charge in [-0.2, -0.15) is 18.2 Å². The molecule has 0 spiro atoms. The maximum absolute atomic E-state index is 14.0. The highest BCUT2D eigenvalue weighted by atomic mass is 32.1. The molecule has 1 saturated carbocycles. The standard InChI is InChI=1S/C16H14F4N2OS/c1-9-7-22(8-10-5-6-10)15(24-9)21-14(23)11-3-2-4-12(13(11)17)16(18,19)20/h2-4,7,10H,5-6,8H2,1H3. The molecule has 0 atom stereocenters. The first-order valence-corrected chi connectivity index (χ1v) is 8.19. The second-order valence-electron chi connectivity index (χ2n) is 5.80. The Morgan fingerprint density at radius 2 is 2.08 bits per heavy atom. The van der Waals surface area contributed by atoms with Gasteiger partial charge in [-0.15, -0.1) is 11.3 Å². The summed E-state index contributed by atoms with van der Waals surface area (Å²) in [6.07, 6.45) is -0.793. The van der Waals surface area contributed by atoms with Crippen molar-refractivity contribution in [3.63, 3.8) is 0 Å². The number of alkyl halides is 3. The highest BCUT2D eigenvalue weighted by Gasteiger charge is 2.35. The Bertz CT molecular complexity index is 846. The van der Waals surface area contributed by atoms with Crippen LogP contribution in [0.25, 0.3) is 0 Å². The number of halogens is 4. The molecule has 8 heteroatoms. The van der Waals surface area contributed by atoms with Crippen LogP contribution in [0.1, 0.15) is 33.6 Å². The van der Waals surface area contributed by atoms with Gasteiger partial charge in [-0.3, -0.25) is 4.79 Å². The Morgan fingerprint density at radius 3 is 2.71 bits per heavy atom. The molecule has 1 aromatic heterocycles. The Balaban J connectivity index is 1.98. The van der Waals surface area contributed by atoms with E-state index in [4.69, 9.17) is 0 Å². The summed E-state index contributed by atoms with van der Waals surface area (Å²) in [4.78, 5) is 17.3. The van der Waals surface area contributed by atoms with Crippen molar-refractivity contribution in [1.29, 1.82) is 0 Å². The average Bonchev–Trinajstić information content (AvgIpc) is 3.22. The maximum atomic E-state index is 14.0. The lowest BCUT2D eigenvalue weighted by molar-refractivity contribution is -0.140. The molecule has 1 aromatic carbocycles. The lowest BCUT2D eigenvalue weighted by Crippen LogP contribution is -2.18. The number of amides is 1. The number of benzene rings is 1. The van der Waals surface area contributed by atoms with Crippen molar-refractivity contribution in [3.8, 4) is 0 Å². The molecule has 3 nitrogen and oxygen atoms in total. The first-order chi connectivity index (χ1) is 11.3. The number of thiazole rings is 1. The zero-order valence-electron chi connectivity index (χ0n) is 12.7. The number of nitrogens with zero attached hydrogens (tertiary/aromatic N) is 2. The predicted octanol–water partition coefficient (Wildman–Crippen LogP) is 4.17. The third-order valence-electron chi connectivity index (χ3n) is 3.72. The number of carbonyl (C=O) groups excluding carboxylic acids is 1. The summed E-state index contributed by atoms with van der Waals surface area (Å²) in [6.45, 7) is 2.56. The quantitative estimate of drug-likeness (QED) is 0.759. The van der Waals surface area contributed by atoms with Gasteiger partial charge in [0.15, 0.2) is 4.80 Å². The van der Waals surface area contributed by atoms with Crippen LogP contribution < -0.4 is 4.80 Å². The molecule has 1 fully saturated rings. The molecule has 128 valence electrons. The van der Waals surface area contributed by atoms with Crippen molar-refractivity contribution in [2.24, 2.45) is 10.9 Å². The molecule has 0 N–H and O–H groups in total. The third-order valence-corrected chi connectivity index (χ3v) is 4.65. The lowest BCUT2D eigenvalue weighted by atomic mass is 10.1. The van der Waals surface area contributed by atoms with E-state index in [9.17, 15) is 22.4 Å². The first-order valence-electron chi connectivity index (χ1n) is 7.37. The molecule has 0 saturated heterocycles. The minimum Gasteiger partial charge on any atom is -0.323 e. The van der Waals surface area contributed by atoms with E-state index in [-0.39, 0.29) is 0 Å². The molecular weight excluding hydrogens is 344 g/mol. The van der Waals surface area contributed by atoms with Crippen molar-refractivity contribution < 1.29 is 22.4 Å². The van der Waals surface area contributed by atoms with Gasteiger partial charge in [0.2, 0.25) is 0 Å². The minimum atomic E-state index is -4.86. The molecule has 1 amide bonds. The molecule has 2 aromatic rings. The van der Waals surface area contributed by atoms with Crippen LogP contribution in [0.3, 0.4) is 0 Å². The number of hydrogen-bond donors (Lipinski definition) is 0. The topological polar surface area (TPSA) is 34.4 Å². The van der Waals surface area contributed by atoms with E-state index in [1.807, 2.05) is 13.1 Å². The summed E-state index contributed by atoms with van der Waals surface area (Å²) >= 11 is 1.25. The summed E-state index contributed by atoms with van der Waals surface area (Å²) < 4.78 is 54.1. The van der Waals surface area contributed by atoms with Crippen molar-refractivity contribution in [2.45, 2.75) is 32.5 Å². The van der Waals surface area contributed by atoms with E-state index in [0.717, 1.165) is 29.9 Å². The van der Waals surface area contributed by atoms with E-state index in [1.165, 1.54) is 11.3 Å². The molecule has 0 radical (unpaired) electrons. The van der Waals surface area contributed by atoms with Gasteiger partial charge in [-0.25, -0.2) is 4.39 Å². The SMILES string of the molecule is Cc1cn(CC2CC2)c(=NC(=O)c2cccc(C(F)(F)F)c2F)s1. The maximum Gasteiger partial charge on any atom is 0.419 e. The highest BCUT2D eigenvalue weighted by Crippen LogP contribution is 2.32.